The van der Waals surface area contributed by atoms with Crippen LogP contribution in [-0.4, -0.2) is 9.97 Å². The van der Waals surface area contributed by atoms with E-state index in [2.05, 4.69) is 133 Å². The molecule has 0 unspecified atom stereocenters. The number of fused-ring (bicyclic) bond motifs is 6. The smallest absolute Gasteiger partial charge is 0.161 e. The molecule has 270 valence electrons. The third-order valence-corrected chi connectivity index (χ3v) is 12.3. The second kappa shape index (κ2) is 13.8. The van der Waals surface area contributed by atoms with Gasteiger partial charge in [-0.2, -0.15) is 5.26 Å². The fraction of sp³-hybridized carbons (Fsp3) is 0. The van der Waals surface area contributed by atoms with Gasteiger partial charge in [0.05, 0.1) is 23.0 Å². The zero-order valence-electron chi connectivity index (χ0n) is 31.1. The van der Waals surface area contributed by atoms with Crippen molar-refractivity contribution in [1.82, 2.24) is 9.97 Å². The Morgan fingerprint density at radius 3 is 1.72 bits per heavy atom. The minimum Gasteiger partial charge on any atom is -0.454 e. The molecule has 0 N–H and O–H groups in total. The average molecular weight is 758 g/mol. The van der Waals surface area contributed by atoms with Crippen LogP contribution in [0.15, 0.2) is 193 Å². The highest BCUT2D eigenvalue weighted by Crippen LogP contribution is 2.45. The Labute approximate surface area is 338 Å². The van der Waals surface area contributed by atoms with Crippen LogP contribution in [0.3, 0.4) is 0 Å². The van der Waals surface area contributed by atoms with E-state index >= 15 is 0 Å². The Morgan fingerprint density at radius 2 is 1.05 bits per heavy atom. The Bertz CT molecular complexity index is 3360. The highest BCUT2D eigenvalue weighted by molar-refractivity contribution is 7.26. The first-order valence-corrected chi connectivity index (χ1v) is 20.0. The van der Waals surface area contributed by atoms with Gasteiger partial charge in [0.2, 0.25) is 0 Å². The zero-order valence-corrected chi connectivity index (χ0v) is 31.9. The van der Waals surface area contributed by atoms with Crippen molar-refractivity contribution in [3.63, 3.8) is 0 Å². The maximum atomic E-state index is 9.14. The Balaban J connectivity index is 0.964. The molecule has 11 aromatic rings. The van der Waals surface area contributed by atoms with Crippen molar-refractivity contribution in [1.29, 1.82) is 5.26 Å². The van der Waals surface area contributed by atoms with E-state index in [1.165, 1.54) is 36.9 Å². The number of hydrogen-bond donors (Lipinski definition) is 0. The molecule has 0 saturated carbocycles. The standard InChI is InChI=1S/C53H31N3OS/c54-31-33-17-19-37(20-18-33)47-28-26-40(32-55-47)34-21-23-35(24-22-34)41-13-7-15-44-45-16-8-14-42(53(45)58-52(41)44)39-25-27-43-46-30-48(36-9-3-1-4-10-36)56-50(38-11-5-2-6-12-38)51(46)57-49(43)29-39/h1-30,32H. The van der Waals surface area contributed by atoms with Crippen LogP contribution in [0, 0.1) is 11.3 Å². The van der Waals surface area contributed by atoms with Gasteiger partial charge in [0.15, 0.2) is 5.58 Å². The Hall–Kier alpha value is -7.65. The van der Waals surface area contributed by atoms with E-state index in [-0.39, 0.29) is 0 Å². The van der Waals surface area contributed by atoms with Crippen molar-refractivity contribution in [2.45, 2.75) is 0 Å². The fourth-order valence-corrected chi connectivity index (χ4v) is 9.43. The Morgan fingerprint density at radius 1 is 0.448 bits per heavy atom. The van der Waals surface area contributed by atoms with Gasteiger partial charge in [-0.3, -0.25) is 4.98 Å². The van der Waals surface area contributed by atoms with Crippen molar-refractivity contribution in [3.8, 4) is 73.2 Å². The highest BCUT2D eigenvalue weighted by Gasteiger charge is 2.19. The average Bonchev–Trinajstić information content (AvgIpc) is 3.88. The third-order valence-electron chi connectivity index (χ3n) is 11.0. The van der Waals surface area contributed by atoms with E-state index in [1.54, 1.807) is 0 Å². The van der Waals surface area contributed by atoms with Crippen molar-refractivity contribution >= 4 is 53.4 Å². The summed E-state index contributed by atoms with van der Waals surface area (Å²) in [5, 5.41) is 13.8. The van der Waals surface area contributed by atoms with Crippen LogP contribution < -0.4 is 0 Å². The van der Waals surface area contributed by atoms with E-state index in [1.807, 2.05) is 72.1 Å². The molecular weight excluding hydrogens is 727 g/mol. The molecule has 0 spiro atoms. The van der Waals surface area contributed by atoms with Crippen LogP contribution >= 0.6 is 11.3 Å². The molecule has 0 amide bonds. The van der Waals surface area contributed by atoms with Crippen molar-refractivity contribution in [3.05, 3.63) is 194 Å². The lowest BCUT2D eigenvalue weighted by atomic mass is 9.98. The molecule has 58 heavy (non-hydrogen) atoms. The predicted octanol–water partition coefficient (Wildman–Crippen LogP) is 14.6. The predicted molar refractivity (Wildman–Crippen MR) is 240 cm³/mol. The molecule has 11 rings (SSSR count). The van der Waals surface area contributed by atoms with E-state index in [4.69, 9.17) is 19.6 Å². The molecular formula is C53H31N3OS. The molecule has 0 aliphatic rings. The molecule has 5 heteroatoms. The van der Waals surface area contributed by atoms with E-state index in [0.717, 1.165) is 72.4 Å². The van der Waals surface area contributed by atoms with Crippen LogP contribution in [0.1, 0.15) is 5.56 Å². The van der Waals surface area contributed by atoms with Gasteiger partial charge in [-0.25, -0.2) is 4.98 Å². The van der Waals surface area contributed by atoms with Gasteiger partial charge in [-0.15, -0.1) is 11.3 Å². The van der Waals surface area contributed by atoms with Gasteiger partial charge < -0.3 is 4.42 Å². The minimum atomic E-state index is 0.641. The molecule has 7 aromatic carbocycles. The molecule has 4 aromatic heterocycles. The topological polar surface area (TPSA) is 62.7 Å². The number of benzene rings is 7. The van der Waals surface area contributed by atoms with Crippen molar-refractivity contribution in [2.75, 3.05) is 0 Å². The quantitative estimate of drug-likeness (QED) is 0.169. The summed E-state index contributed by atoms with van der Waals surface area (Å²) in [6.07, 6.45) is 1.92. The summed E-state index contributed by atoms with van der Waals surface area (Å²) in [6, 6.07) is 65.3. The normalized spacial score (nSPS) is 11.4. The number of nitriles is 1. The molecule has 0 atom stereocenters. The first-order chi connectivity index (χ1) is 28.7. The summed E-state index contributed by atoms with van der Waals surface area (Å²) in [7, 11) is 0. The van der Waals surface area contributed by atoms with Gasteiger partial charge in [0.1, 0.15) is 11.3 Å². The van der Waals surface area contributed by atoms with Gasteiger partial charge in [0.25, 0.3) is 0 Å². The molecule has 0 aliphatic carbocycles. The summed E-state index contributed by atoms with van der Waals surface area (Å²) in [5.41, 5.74) is 14.9. The molecule has 0 bridgehead atoms. The molecule has 0 fully saturated rings. The summed E-state index contributed by atoms with van der Waals surface area (Å²) < 4.78 is 9.26. The first-order valence-electron chi connectivity index (χ1n) is 19.2. The largest absolute Gasteiger partial charge is 0.454 e. The van der Waals surface area contributed by atoms with Crippen LogP contribution in [-0.2, 0) is 0 Å². The summed E-state index contributed by atoms with van der Waals surface area (Å²) in [5.74, 6) is 0. The third kappa shape index (κ3) is 5.75. The lowest BCUT2D eigenvalue weighted by Gasteiger charge is -2.07. The van der Waals surface area contributed by atoms with Gasteiger partial charge in [-0.05, 0) is 64.2 Å². The lowest BCUT2D eigenvalue weighted by molar-refractivity contribution is 0.668. The molecule has 0 saturated heterocycles. The van der Waals surface area contributed by atoms with Crippen LogP contribution in [0.2, 0.25) is 0 Å². The highest BCUT2D eigenvalue weighted by atomic mass is 32.1. The zero-order chi connectivity index (χ0) is 38.6. The number of thiophene rings is 1. The summed E-state index contributed by atoms with van der Waals surface area (Å²) >= 11 is 1.85. The maximum absolute atomic E-state index is 9.14. The fourth-order valence-electron chi connectivity index (χ4n) is 8.06. The number of nitrogens with zero attached hydrogens (tertiary/aromatic N) is 3. The second-order valence-corrected chi connectivity index (χ2v) is 15.5. The van der Waals surface area contributed by atoms with Crippen LogP contribution in [0.25, 0.3) is 109 Å². The monoisotopic (exact) mass is 757 g/mol. The van der Waals surface area contributed by atoms with E-state index in [0.29, 0.717) is 5.56 Å². The maximum Gasteiger partial charge on any atom is 0.161 e. The van der Waals surface area contributed by atoms with Crippen molar-refractivity contribution in [2.24, 2.45) is 0 Å². The SMILES string of the molecule is N#Cc1ccc(-c2ccc(-c3ccc(-c4cccc5c4sc4c(-c6ccc7c(c6)oc6c(-c8ccccc8)nc(-c8ccccc8)cc67)cccc45)cc3)cn2)cc1. The van der Waals surface area contributed by atoms with Gasteiger partial charge >= 0.3 is 0 Å². The van der Waals surface area contributed by atoms with Gasteiger partial charge in [-0.1, -0.05) is 146 Å². The second-order valence-electron chi connectivity index (χ2n) is 14.4. The minimum absolute atomic E-state index is 0.641. The first kappa shape index (κ1) is 33.7. The van der Waals surface area contributed by atoms with E-state index in [9.17, 15) is 0 Å². The summed E-state index contributed by atoms with van der Waals surface area (Å²) in [6.45, 7) is 0. The van der Waals surface area contributed by atoms with Crippen LogP contribution in [0.5, 0.6) is 0 Å². The summed E-state index contributed by atoms with van der Waals surface area (Å²) in [4.78, 5) is 9.88. The molecule has 0 radical (unpaired) electrons. The van der Waals surface area contributed by atoms with Crippen LogP contribution in [0.4, 0.5) is 0 Å². The number of furan rings is 1. The number of hydrogen-bond acceptors (Lipinski definition) is 5. The van der Waals surface area contributed by atoms with E-state index < -0.39 is 0 Å². The number of aromatic nitrogens is 2. The number of rotatable bonds is 6. The number of pyridine rings is 2. The van der Waals surface area contributed by atoms with Crippen molar-refractivity contribution < 1.29 is 4.42 Å². The molecule has 4 nitrogen and oxygen atoms in total. The Kier molecular flexibility index (Phi) is 8.03. The molecule has 4 heterocycles. The lowest BCUT2D eigenvalue weighted by Crippen LogP contribution is -1.89. The molecule has 0 aliphatic heterocycles. The van der Waals surface area contributed by atoms with Gasteiger partial charge in [0, 0.05) is 59.4 Å².